The molecular formula is C27H28FN3O4. The zero-order valence-corrected chi connectivity index (χ0v) is 19.8. The number of amides is 2. The van der Waals surface area contributed by atoms with Crippen LogP contribution in [0.15, 0.2) is 54.6 Å². The fourth-order valence-electron chi connectivity index (χ4n) is 3.55. The highest BCUT2D eigenvalue weighted by Gasteiger charge is 2.25. The van der Waals surface area contributed by atoms with Gasteiger partial charge in [-0.05, 0) is 73.0 Å². The largest absolute Gasteiger partial charge is 0.493 e. The lowest BCUT2D eigenvalue weighted by Gasteiger charge is -2.12. The summed E-state index contributed by atoms with van der Waals surface area (Å²) in [5, 5.41) is 5.70. The van der Waals surface area contributed by atoms with Gasteiger partial charge in [0.15, 0.2) is 11.5 Å². The van der Waals surface area contributed by atoms with Gasteiger partial charge in [0.2, 0.25) is 5.91 Å². The van der Waals surface area contributed by atoms with Crippen molar-refractivity contribution in [2.24, 2.45) is 0 Å². The van der Waals surface area contributed by atoms with Crippen molar-refractivity contribution < 1.29 is 23.5 Å². The number of nitrogens with zero attached hydrogens (tertiary/aromatic N) is 1. The number of hydrogen-bond acceptors (Lipinski definition) is 5. The highest BCUT2D eigenvalue weighted by Crippen LogP contribution is 2.34. The molecule has 1 aliphatic carbocycles. The predicted octanol–water partition coefficient (Wildman–Crippen LogP) is 4.05. The summed E-state index contributed by atoms with van der Waals surface area (Å²) in [5.41, 5.74) is 3.53. The molecular weight excluding hydrogens is 449 g/mol. The average molecular weight is 478 g/mol. The number of benzene rings is 2. The molecule has 1 aliphatic rings. The van der Waals surface area contributed by atoms with Crippen LogP contribution in [0.5, 0.6) is 11.5 Å². The predicted molar refractivity (Wildman–Crippen MR) is 130 cm³/mol. The quantitative estimate of drug-likeness (QED) is 0.460. The third-order valence-electron chi connectivity index (χ3n) is 5.53. The first-order valence-electron chi connectivity index (χ1n) is 11.5. The van der Waals surface area contributed by atoms with Gasteiger partial charge >= 0.3 is 0 Å². The molecule has 7 nitrogen and oxygen atoms in total. The van der Waals surface area contributed by atoms with Crippen LogP contribution in [0, 0.1) is 5.82 Å². The summed E-state index contributed by atoms with van der Waals surface area (Å²) in [5.74, 6) is 0.480. The summed E-state index contributed by atoms with van der Waals surface area (Å²) in [4.78, 5) is 28.7. The van der Waals surface area contributed by atoms with Crippen molar-refractivity contribution in [2.75, 3.05) is 13.7 Å². The second kappa shape index (κ2) is 11.0. The Bertz CT molecular complexity index is 1210. The maximum atomic E-state index is 13.4. The molecule has 8 heteroatoms. The lowest BCUT2D eigenvalue weighted by Crippen LogP contribution is -2.26. The molecule has 0 spiro atoms. The minimum atomic E-state index is -0.324. The molecule has 0 radical (unpaired) electrons. The Morgan fingerprint density at radius 2 is 1.80 bits per heavy atom. The van der Waals surface area contributed by atoms with Gasteiger partial charge in [-0.25, -0.2) is 4.39 Å². The molecule has 4 rings (SSSR count). The molecule has 0 atom stereocenters. The van der Waals surface area contributed by atoms with Gasteiger partial charge in [0, 0.05) is 43.3 Å². The highest BCUT2D eigenvalue weighted by molar-refractivity contribution is 5.94. The number of hydrogen-bond donors (Lipinski definition) is 2. The van der Waals surface area contributed by atoms with E-state index in [0.717, 1.165) is 29.7 Å². The Hall–Kier alpha value is -3.94. The fraction of sp³-hybridized carbons (Fsp3) is 0.296. The van der Waals surface area contributed by atoms with E-state index < -0.39 is 0 Å². The van der Waals surface area contributed by atoms with E-state index in [9.17, 15) is 14.0 Å². The van der Waals surface area contributed by atoms with Crippen LogP contribution in [0.1, 0.15) is 41.4 Å². The van der Waals surface area contributed by atoms with E-state index in [0.29, 0.717) is 42.3 Å². The highest BCUT2D eigenvalue weighted by atomic mass is 19.1. The molecule has 1 fully saturated rings. The first kappa shape index (κ1) is 24.2. The van der Waals surface area contributed by atoms with Crippen LogP contribution in [0.25, 0.3) is 11.3 Å². The van der Waals surface area contributed by atoms with Crippen molar-refractivity contribution in [3.8, 4) is 22.8 Å². The van der Waals surface area contributed by atoms with Crippen LogP contribution in [0.3, 0.4) is 0 Å². The molecule has 2 aromatic carbocycles. The first-order chi connectivity index (χ1) is 16.9. The minimum absolute atomic E-state index is 0.136. The van der Waals surface area contributed by atoms with Crippen LogP contribution in [0.2, 0.25) is 0 Å². The van der Waals surface area contributed by atoms with Crippen LogP contribution >= 0.6 is 0 Å². The first-order valence-corrected chi connectivity index (χ1v) is 11.5. The smallest absolute Gasteiger partial charge is 0.251 e. The summed E-state index contributed by atoms with van der Waals surface area (Å²) >= 11 is 0. The third-order valence-corrected chi connectivity index (χ3v) is 5.53. The topological polar surface area (TPSA) is 89.6 Å². The maximum absolute atomic E-state index is 13.4. The summed E-state index contributed by atoms with van der Waals surface area (Å²) in [6.07, 6.45) is 2.79. The van der Waals surface area contributed by atoms with Crippen molar-refractivity contribution in [2.45, 2.75) is 38.8 Å². The van der Waals surface area contributed by atoms with E-state index >= 15 is 0 Å². The van der Waals surface area contributed by atoms with E-state index in [1.54, 1.807) is 37.4 Å². The molecule has 2 amide bonds. The van der Waals surface area contributed by atoms with E-state index in [-0.39, 0.29) is 23.7 Å². The minimum Gasteiger partial charge on any atom is -0.493 e. The molecule has 3 aromatic rings. The van der Waals surface area contributed by atoms with Gasteiger partial charge in [0.25, 0.3) is 5.91 Å². The van der Waals surface area contributed by atoms with Crippen LogP contribution in [0.4, 0.5) is 4.39 Å². The van der Waals surface area contributed by atoms with Crippen molar-refractivity contribution >= 4 is 11.8 Å². The Balaban J connectivity index is 1.43. The Labute approximate surface area is 203 Å². The molecule has 1 saturated carbocycles. The van der Waals surface area contributed by atoms with Gasteiger partial charge in [-0.15, -0.1) is 0 Å². The Morgan fingerprint density at radius 1 is 1.03 bits per heavy atom. The summed E-state index contributed by atoms with van der Waals surface area (Å²) in [7, 11) is 1.55. The number of pyridine rings is 1. The number of methoxy groups -OCH3 is 1. The number of nitrogens with one attached hydrogen (secondary N) is 2. The number of halogens is 1. The van der Waals surface area contributed by atoms with Gasteiger partial charge < -0.3 is 20.1 Å². The zero-order chi connectivity index (χ0) is 24.8. The lowest BCUT2D eigenvalue weighted by atomic mass is 10.1. The summed E-state index contributed by atoms with van der Waals surface area (Å²) < 4.78 is 24.6. The number of carbonyl (C=O) groups excluding carboxylic acids is 2. The van der Waals surface area contributed by atoms with Crippen LogP contribution in [-0.4, -0.2) is 36.6 Å². The van der Waals surface area contributed by atoms with Gasteiger partial charge in [-0.1, -0.05) is 0 Å². The molecule has 1 heterocycles. The molecule has 0 unspecified atom stereocenters. The van der Waals surface area contributed by atoms with Crippen molar-refractivity contribution in [3.05, 3.63) is 77.2 Å². The Morgan fingerprint density at radius 3 is 2.49 bits per heavy atom. The molecule has 0 saturated heterocycles. The number of carbonyl (C=O) groups is 2. The SMILES string of the molecule is COc1cc(C(=O)NCCc2cc(CNC(C)=O)cc(-c3ccc(F)cc3)n2)ccc1OC1CC1. The van der Waals surface area contributed by atoms with E-state index in [4.69, 9.17) is 9.47 Å². The molecule has 0 aliphatic heterocycles. The molecule has 2 N–H and O–H groups in total. The second-order valence-electron chi connectivity index (χ2n) is 8.46. The zero-order valence-electron chi connectivity index (χ0n) is 19.8. The van der Waals surface area contributed by atoms with Gasteiger partial charge in [-0.3, -0.25) is 14.6 Å². The summed E-state index contributed by atoms with van der Waals surface area (Å²) in [6.45, 7) is 2.17. The number of ether oxygens (including phenoxy) is 2. The van der Waals surface area contributed by atoms with Crippen LogP contribution < -0.4 is 20.1 Å². The van der Waals surface area contributed by atoms with Gasteiger partial charge in [0.1, 0.15) is 5.82 Å². The monoisotopic (exact) mass is 477 g/mol. The molecule has 182 valence electrons. The number of aromatic nitrogens is 1. The van der Waals surface area contributed by atoms with E-state index in [1.165, 1.54) is 19.1 Å². The maximum Gasteiger partial charge on any atom is 0.251 e. The standard InChI is InChI=1S/C27H28FN3O4/c1-17(32)30-16-18-13-22(31-24(14-18)19-3-6-21(28)7-4-19)11-12-29-27(33)20-5-10-25(26(15-20)34-2)35-23-8-9-23/h3-7,10,13-15,23H,8-9,11-12,16H2,1-2H3,(H,29,33)(H,30,32). The van der Waals surface area contributed by atoms with E-state index in [2.05, 4.69) is 15.6 Å². The lowest BCUT2D eigenvalue weighted by molar-refractivity contribution is -0.119. The van der Waals surface area contributed by atoms with E-state index in [1.807, 2.05) is 12.1 Å². The molecule has 35 heavy (non-hydrogen) atoms. The fourth-order valence-corrected chi connectivity index (χ4v) is 3.55. The van der Waals surface area contributed by atoms with Gasteiger partial charge in [0.05, 0.1) is 18.9 Å². The summed E-state index contributed by atoms with van der Waals surface area (Å²) in [6, 6.07) is 15.0. The molecule has 0 bridgehead atoms. The van der Waals surface area contributed by atoms with Crippen molar-refractivity contribution in [1.82, 2.24) is 15.6 Å². The average Bonchev–Trinajstić information content (AvgIpc) is 3.67. The molecule has 1 aromatic heterocycles. The van der Waals surface area contributed by atoms with Crippen molar-refractivity contribution in [3.63, 3.8) is 0 Å². The van der Waals surface area contributed by atoms with Crippen LogP contribution in [-0.2, 0) is 17.8 Å². The van der Waals surface area contributed by atoms with Crippen molar-refractivity contribution in [1.29, 1.82) is 0 Å². The second-order valence-corrected chi connectivity index (χ2v) is 8.46. The normalized spacial score (nSPS) is 12.7. The number of rotatable bonds is 10. The van der Waals surface area contributed by atoms with Gasteiger partial charge in [-0.2, -0.15) is 0 Å². The Kier molecular flexibility index (Phi) is 7.60. The third kappa shape index (κ3) is 6.79.